The third-order valence-corrected chi connectivity index (χ3v) is 3.09. The smallest absolute Gasteiger partial charge is 0.339 e. The zero-order valence-electron chi connectivity index (χ0n) is 9.74. The first-order valence-corrected chi connectivity index (χ1v) is 5.76. The Morgan fingerprint density at radius 1 is 1.44 bits per heavy atom. The van der Waals surface area contributed by atoms with Crippen LogP contribution in [0.3, 0.4) is 0 Å². The van der Waals surface area contributed by atoms with E-state index in [-0.39, 0.29) is 5.56 Å². The van der Waals surface area contributed by atoms with Gasteiger partial charge in [-0.1, -0.05) is 17.7 Å². The van der Waals surface area contributed by atoms with Crippen molar-refractivity contribution in [2.45, 2.75) is 13.5 Å². The number of hydrogen-bond acceptors (Lipinski definition) is 3. The molecular formula is C13H12ClNO3. The van der Waals surface area contributed by atoms with Crippen LogP contribution in [0.15, 0.2) is 34.9 Å². The van der Waals surface area contributed by atoms with Gasteiger partial charge < -0.3 is 14.8 Å². The van der Waals surface area contributed by atoms with Crippen molar-refractivity contribution < 1.29 is 14.3 Å². The van der Waals surface area contributed by atoms with E-state index in [9.17, 15) is 4.79 Å². The van der Waals surface area contributed by atoms with Gasteiger partial charge in [-0.3, -0.25) is 0 Å². The van der Waals surface area contributed by atoms with E-state index in [1.807, 2.05) is 19.1 Å². The molecule has 1 heterocycles. The van der Waals surface area contributed by atoms with Gasteiger partial charge in [0.2, 0.25) is 0 Å². The molecule has 0 aliphatic rings. The van der Waals surface area contributed by atoms with E-state index in [2.05, 4.69) is 5.32 Å². The van der Waals surface area contributed by atoms with E-state index in [0.29, 0.717) is 17.3 Å². The number of anilines is 1. The topological polar surface area (TPSA) is 62.5 Å². The molecule has 0 saturated heterocycles. The summed E-state index contributed by atoms with van der Waals surface area (Å²) in [6, 6.07) is 6.95. The molecular weight excluding hydrogens is 254 g/mol. The van der Waals surface area contributed by atoms with Crippen molar-refractivity contribution in [3.05, 3.63) is 52.4 Å². The summed E-state index contributed by atoms with van der Waals surface area (Å²) in [7, 11) is 0. The third-order valence-electron chi connectivity index (χ3n) is 2.68. The first kappa shape index (κ1) is 12.5. The molecule has 0 aliphatic carbocycles. The molecule has 2 aromatic rings. The second-order valence-corrected chi connectivity index (χ2v) is 4.24. The zero-order valence-corrected chi connectivity index (χ0v) is 10.5. The van der Waals surface area contributed by atoms with Crippen LogP contribution < -0.4 is 5.32 Å². The summed E-state index contributed by atoms with van der Waals surface area (Å²) in [5.74, 6) is -0.606. The van der Waals surface area contributed by atoms with Crippen LogP contribution in [0.25, 0.3) is 0 Å². The van der Waals surface area contributed by atoms with Gasteiger partial charge in [-0.25, -0.2) is 4.79 Å². The molecule has 0 fully saturated rings. The van der Waals surface area contributed by atoms with Crippen LogP contribution in [0.2, 0.25) is 5.02 Å². The molecule has 4 nitrogen and oxygen atoms in total. The van der Waals surface area contributed by atoms with E-state index in [1.165, 1.54) is 12.3 Å². The van der Waals surface area contributed by atoms with Gasteiger partial charge in [0.05, 0.1) is 12.8 Å². The fourth-order valence-electron chi connectivity index (χ4n) is 1.64. The van der Waals surface area contributed by atoms with Crippen LogP contribution in [0.1, 0.15) is 21.7 Å². The average molecular weight is 266 g/mol. The number of halogens is 1. The van der Waals surface area contributed by atoms with Crippen molar-refractivity contribution >= 4 is 23.3 Å². The van der Waals surface area contributed by atoms with Gasteiger partial charge >= 0.3 is 5.97 Å². The highest BCUT2D eigenvalue weighted by Gasteiger charge is 2.13. The molecule has 0 bridgehead atoms. The summed E-state index contributed by atoms with van der Waals surface area (Å²) < 4.78 is 5.14. The Kier molecular flexibility index (Phi) is 3.58. The molecule has 1 aromatic heterocycles. The summed E-state index contributed by atoms with van der Waals surface area (Å²) in [5.41, 5.74) is 1.94. The van der Waals surface area contributed by atoms with Crippen LogP contribution in [-0.2, 0) is 6.54 Å². The fourth-order valence-corrected chi connectivity index (χ4v) is 1.82. The maximum absolute atomic E-state index is 10.9. The minimum Gasteiger partial charge on any atom is -0.478 e. The lowest BCUT2D eigenvalue weighted by Gasteiger charge is -2.09. The number of carboxylic acid groups (broad SMARTS) is 1. The molecule has 18 heavy (non-hydrogen) atoms. The number of carboxylic acids is 1. The van der Waals surface area contributed by atoms with Gasteiger partial charge in [-0.2, -0.15) is 0 Å². The highest BCUT2D eigenvalue weighted by Crippen LogP contribution is 2.23. The number of nitrogens with one attached hydrogen (secondary N) is 1. The summed E-state index contributed by atoms with van der Waals surface area (Å²) in [6.07, 6.45) is 1.37. The summed E-state index contributed by atoms with van der Waals surface area (Å²) in [5, 5.41) is 12.7. The van der Waals surface area contributed by atoms with Crippen LogP contribution in [-0.4, -0.2) is 11.1 Å². The molecule has 0 amide bonds. The Balaban J connectivity index is 2.14. The summed E-state index contributed by atoms with van der Waals surface area (Å²) in [6.45, 7) is 2.20. The van der Waals surface area contributed by atoms with Gasteiger partial charge in [0.25, 0.3) is 0 Å². The molecule has 94 valence electrons. The van der Waals surface area contributed by atoms with Crippen molar-refractivity contribution in [1.29, 1.82) is 0 Å². The second-order valence-electron chi connectivity index (χ2n) is 3.83. The van der Waals surface area contributed by atoms with E-state index < -0.39 is 5.97 Å². The van der Waals surface area contributed by atoms with Crippen molar-refractivity contribution in [3.8, 4) is 0 Å². The number of benzene rings is 1. The van der Waals surface area contributed by atoms with Crippen LogP contribution in [0.4, 0.5) is 5.69 Å². The van der Waals surface area contributed by atoms with Gasteiger partial charge in [0.15, 0.2) is 0 Å². The van der Waals surface area contributed by atoms with Crippen LogP contribution >= 0.6 is 11.6 Å². The molecule has 1 aromatic carbocycles. The predicted octanol–water partition coefficient (Wildman–Crippen LogP) is 3.55. The Bertz CT molecular complexity index is 577. The first-order valence-electron chi connectivity index (χ1n) is 5.38. The lowest BCUT2D eigenvalue weighted by Crippen LogP contribution is -2.05. The molecule has 0 aliphatic heterocycles. The van der Waals surface area contributed by atoms with Gasteiger partial charge in [0, 0.05) is 10.7 Å². The predicted molar refractivity (Wildman–Crippen MR) is 69.2 cm³/mol. The fraction of sp³-hybridized carbons (Fsp3) is 0.154. The number of carbonyl (C=O) groups is 1. The highest BCUT2D eigenvalue weighted by molar-refractivity contribution is 6.31. The zero-order chi connectivity index (χ0) is 13.1. The molecule has 5 heteroatoms. The molecule has 2 rings (SSSR count). The van der Waals surface area contributed by atoms with Crippen molar-refractivity contribution in [1.82, 2.24) is 0 Å². The SMILES string of the molecule is Cc1c(Cl)cccc1NCc1occc1C(=O)O. The number of furan rings is 1. The lowest BCUT2D eigenvalue weighted by atomic mass is 10.2. The first-order chi connectivity index (χ1) is 8.59. The average Bonchev–Trinajstić information content (AvgIpc) is 2.79. The van der Waals surface area contributed by atoms with Crippen molar-refractivity contribution in [3.63, 3.8) is 0 Å². The van der Waals surface area contributed by atoms with Gasteiger partial charge in [-0.15, -0.1) is 0 Å². The summed E-state index contributed by atoms with van der Waals surface area (Å²) in [4.78, 5) is 10.9. The number of rotatable bonds is 4. The Hall–Kier alpha value is -1.94. The quantitative estimate of drug-likeness (QED) is 0.887. The van der Waals surface area contributed by atoms with Gasteiger partial charge in [-0.05, 0) is 30.7 Å². The van der Waals surface area contributed by atoms with E-state index in [1.54, 1.807) is 6.07 Å². The van der Waals surface area contributed by atoms with E-state index in [0.717, 1.165) is 11.3 Å². The second kappa shape index (κ2) is 5.14. The molecule has 0 unspecified atom stereocenters. The van der Waals surface area contributed by atoms with E-state index >= 15 is 0 Å². The van der Waals surface area contributed by atoms with Crippen molar-refractivity contribution in [2.75, 3.05) is 5.32 Å². The molecule has 0 saturated carbocycles. The number of hydrogen-bond donors (Lipinski definition) is 2. The number of aromatic carboxylic acids is 1. The van der Waals surface area contributed by atoms with Crippen LogP contribution in [0.5, 0.6) is 0 Å². The summed E-state index contributed by atoms with van der Waals surface area (Å²) >= 11 is 6.00. The maximum Gasteiger partial charge on any atom is 0.339 e. The molecule has 0 atom stereocenters. The Morgan fingerprint density at radius 3 is 2.94 bits per heavy atom. The lowest BCUT2D eigenvalue weighted by molar-refractivity contribution is 0.0694. The Morgan fingerprint density at radius 2 is 2.22 bits per heavy atom. The Labute approximate surface area is 109 Å². The van der Waals surface area contributed by atoms with Crippen molar-refractivity contribution in [2.24, 2.45) is 0 Å². The van der Waals surface area contributed by atoms with Gasteiger partial charge in [0.1, 0.15) is 11.3 Å². The minimum atomic E-state index is -0.997. The minimum absolute atomic E-state index is 0.169. The van der Waals surface area contributed by atoms with E-state index in [4.69, 9.17) is 21.1 Å². The highest BCUT2D eigenvalue weighted by atomic mass is 35.5. The third kappa shape index (κ3) is 2.49. The molecule has 0 spiro atoms. The van der Waals surface area contributed by atoms with Crippen LogP contribution in [0, 0.1) is 6.92 Å². The molecule has 2 N–H and O–H groups in total. The standard InChI is InChI=1S/C13H12ClNO3/c1-8-10(14)3-2-4-11(8)15-7-12-9(13(16)17)5-6-18-12/h2-6,15H,7H2,1H3,(H,16,17). The normalized spacial score (nSPS) is 10.3. The monoisotopic (exact) mass is 265 g/mol. The molecule has 0 radical (unpaired) electrons. The maximum atomic E-state index is 10.9. The largest absolute Gasteiger partial charge is 0.478 e.